The summed E-state index contributed by atoms with van der Waals surface area (Å²) in [5.74, 6) is 0.00625. The van der Waals surface area contributed by atoms with Crippen molar-refractivity contribution >= 4 is 27.3 Å². The van der Waals surface area contributed by atoms with Crippen LogP contribution in [0.3, 0.4) is 0 Å². The van der Waals surface area contributed by atoms with Gasteiger partial charge in [0.15, 0.2) is 0 Å². The van der Waals surface area contributed by atoms with Crippen LogP contribution in [-0.4, -0.2) is 10.1 Å². The molecular weight excluding hydrogens is 286 g/mol. The normalized spacial score (nSPS) is 14.7. The minimum atomic E-state index is -0.494. The van der Waals surface area contributed by atoms with Gasteiger partial charge in [-0.1, -0.05) is 13.0 Å². The quantitative estimate of drug-likeness (QED) is 0.936. The average molecular weight is 298 g/mol. The Kier molecular flexibility index (Phi) is 3.74. The zero-order valence-electron chi connectivity index (χ0n) is 8.80. The van der Waals surface area contributed by atoms with Crippen LogP contribution in [0.4, 0.5) is 0 Å². The predicted molar refractivity (Wildman–Crippen MR) is 69.6 cm³/mol. The van der Waals surface area contributed by atoms with Crippen molar-refractivity contribution in [2.75, 3.05) is 0 Å². The number of hydrogen-bond donors (Lipinski definition) is 1. The minimum absolute atomic E-state index is 0.00625. The molecule has 16 heavy (non-hydrogen) atoms. The zero-order valence-corrected chi connectivity index (χ0v) is 11.2. The molecule has 0 bridgehead atoms. The molecule has 0 aliphatic heterocycles. The molecular formula is C12H12BrNOS. The number of hydrogen-bond acceptors (Lipinski definition) is 3. The highest BCUT2D eigenvalue weighted by Crippen LogP contribution is 2.34. The van der Waals surface area contributed by atoms with E-state index in [2.05, 4.69) is 20.9 Å². The molecule has 0 aliphatic rings. The fourth-order valence-electron chi connectivity index (χ4n) is 1.54. The maximum Gasteiger partial charge on any atom is 0.0963 e. The molecule has 4 heteroatoms. The largest absolute Gasteiger partial charge is 0.387 e. The Morgan fingerprint density at radius 2 is 2.12 bits per heavy atom. The minimum Gasteiger partial charge on any atom is -0.387 e. The van der Waals surface area contributed by atoms with Crippen LogP contribution in [0.5, 0.6) is 0 Å². The second-order valence-corrected chi connectivity index (χ2v) is 6.12. The molecule has 2 aromatic rings. The van der Waals surface area contributed by atoms with E-state index in [9.17, 15) is 5.11 Å². The van der Waals surface area contributed by atoms with Crippen molar-refractivity contribution < 1.29 is 5.11 Å². The van der Waals surface area contributed by atoms with Crippen molar-refractivity contribution in [1.82, 2.24) is 4.98 Å². The summed E-state index contributed by atoms with van der Waals surface area (Å²) in [6.45, 7) is 1.99. The Bertz CT molecular complexity index is 457. The van der Waals surface area contributed by atoms with Crippen LogP contribution in [0, 0.1) is 0 Å². The van der Waals surface area contributed by atoms with Crippen LogP contribution >= 0.6 is 27.3 Å². The van der Waals surface area contributed by atoms with E-state index in [1.165, 1.54) is 0 Å². The molecule has 0 aliphatic carbocycles. The number of nitrogens with zero attached hydrogens (tertiary/aromatic N) is 1. The van der Waals surface area contributed by atoms with Crippen LogP contribution < -0.4 is 0 Å². The average Bonchev–Trinajstić information content (AvgIpc) is 2.75. The Hall–Kier alpha value is -0.710. The maximum atomic E-state index is 10.2. The Morgan fingerprint density at radius 3 is 2.69 bits per heavy atom. The van der Waals surface area contributed by atoms with Gasteiger partial charge < -0.3 is 5.11 Å². The lowest BCUT2D eigenvalue weighted by molar-refractivity contribution is 0.153. The van der Waals surface area contributed by atoms with Gasteiger partial charge in [0, 0.05) is 22.7 Å². The van der Waals surface area contributed by atoms with Crippen molar-refractivity contribution in [3.8, 4) is 0 Å². The molecule has 2 unspecified atom stereocenters. The topological polar surface area (TPSA) is 33.1 Å². The third kappa shape index (κ3) is 2.51. The highest BCUT2D eigenvalue weighted by Gasteiger charge is 2.20. The van der Waals surface area contributed by atoms with Gasteiger partial charge in [-0.05, 0) is 40.2 Å². The van der Waals surface area contributed by atoms with Gasteiger partial charge in [-0.25, -0.2) is 0 Å². The van der Waals surface area contributed by atoms with Gasteiger partial charge in [-0.3, -0.25) is 4.98 Å². The molecule has 0 aromatic carbocycles. The fourth-order valence-corrected chi connectivity index (χ4v) is 3.06. The zero-order chi connectivity index (χ0) is 11.5. The van der Waals surface area contributed by atoms with E-state index in [0.29, 0.717) is 0 Å². The van der Waals surface area contributed by atoms with Crippen LogP contribution in [0.15, 0.2) is 40.3 Å². The monoisotopic (exact) mass is 297 g/mol. The third-order valence-corrected chi connectivity index (χ3v) is 4.21. The van der Waals surface area contributed by atoms with Crippen molar-refractivity contribution in [1.29, 1.82) is 0 Å². The molecule has 0 fully saturated rings. The molecule has 2 atom stereocenters. The van der Waals surface area contributed by atoms with E-state index in [1.807, 2.05) is 37.3 Å². The summed E-state index contributed by atoms with van der Waals surface area (Å²) < 4.78 is 1.04. The van der Waals surface area contributed by atoms with E-state index in [1.54, 1.807) is 17.5 Å². The Balaban J connectivity index is 2.19. The first-order chi connectivity index (χ1) is 7.68. The lowest BCUT2D eigenvalue weighted by atomic mass is 9.99. The predicted octanol–water partition coefficient (Wildman–Crippen LogP) is 3.74. The van der Waals surface area contributed by atoms with Crippen molar-refractivity contribution in [2.24, 2.45) is 0 Å². The molecule has 0 radical (unpaired) electrons. The molecule has 2 nitrogen and oxygen atoms in total. The van der Waals surface area contributed by atoms with Crippen LogP contribution in [-0.2, 0) is 0 Å². The van der Waals surface area contributed by atoms with Gasteiger partial charge >= 0.3 is 0 Å². The smallest absolute Gasteiger partial charge is 0.0963 e. The van der Waals surface area contributed by atoms with Crippen molar-refractivity contribution in [2.45, 2.75) is 18.9 Å². The second-order valence-electron chi connectivity index (χ2n) is 3.63. The summed E-state index contributed by atoms with van der Waals surface area (Å²) >= 11 is 4.96. The Labute approximate surface area is 107 Å². The summed E-state index contributed by atoms with van der Waals surface area (Å²) in [7, 11) is 0. The summed E-state index contributed by atoms with van der Waals surface area (Å²) in [5, 5.41) is 10.2. The molecule has 0 saturated heterocycles. The first kappa shape index (κ1) is 11.8. The third-order valence-electron chi connectivity index (χ3n) is 2.51. The maximum absolute atomic E-state index is 10.2. The van der Waals surface area contributed by atoms with Crippen molar-refractivity contribution in [3.63, 3.8) is 0 Å². The second kappa shape index (κ2) is 5.08. The molecule has 0 saturated carbocycles. The highest BCUT2D eigenvalue weighted by molar-refractivity contribution is 9.11. The Morgan fingerprint density at radius 1 is 1.31 bits per heavy atom. The first-order valence-corrected chi connectivity index (χ1v) is 6.63. The fraction of sp³-hybridized carbons (Fsp3) is 0.250. The van der Waals surface area contributed by atoms with Gasteiger partial charge in [0.25, 0.3) is 0 Å². The van der Waals surface area contributed by atoms with Gasteiger partial charge in [0.2, 0.25) is 0 Å². The summed E-state index contributed by atoms with van der Waals surface area (Å²) in [6, 6.07) is 9.66. The number of aromatic nitrogens is 1. The van der Waals surface area contributed by atoms with Crippen LogP contribution in [0.2, 0.25) is 0 Å². The number of rotatable bonds is 3. The number of halogens is 1. The summed E-state index contributed by atoms with van der Waals surface area (Å²) in [5.41, 5.74) is 0.916. The SMILES string of the molecule is CC(c1ccccn1)C(O)c1ccc(Br)s1. The van der Waals surface area contributed by atoms with E-state index >= 15 is 0 Å². The molecule has 2 heterocycles. The molecule has 0 spiro atoms. The van der Waals surface area contributed by atoms with E-state index in [4.69, 9.17) is 0 Å². The molecule has 0 amide bonds. The summed E-state index contributed by atoms with van der Waals surface area (Å²) in [6.07, 6.45) is 1.26. The number of aliphatic hydroxyl groups is 1. The van der Waals surface area contributed by atoms with Gasteiger partial charge in [-0.2, -0.15) is 0 Å². The molecule has 1 N–H and O–H groups in total. The highest BCUT2D eigenvalue weighted by atomic mass is 79.9. The lowest BCUT2D eigenvalue weighted by Crippen LogP contribution is -2.07. The van der Waals surface area contributed by atoms with Gasteiger partial charge in [0.1, 0.15) is 0 Å². The molecule has 84 valence electrons. The standard InChI is InChI=1S/C12H12BrNOS/c1-8(9-4-2-3-7-14-9)12(15)10-5-6-11(13)16-10/h2-8,12,15H,1H3. The molecule has 2 aromatic heterocycles. The van der Waals surface area contributed by atoms with Gasteiger partial charge in [-0.15, -0.1) is 11.3 Å². The van der Waals surface area contributed by atoms with Crippen LogP contribution in [0.1, 0.15) is 29.5 Å². The van der Waals surface area contributed by atoms with E-state index in [0.717, 1.165) is 14.4 Å². The summed E-state index contributed by atoms with van der Waals surface area (Å²) in [4.78, 5) is 5.23. The number of pyridine rings is 1. The van der Waals surface area contributed by atoms with E-state index < -0.39 is 6.10 Å². The molecule has 2 rings (SSSR count). The van der Waals surface area contributed by atoms with Crippen LogP contribution in [0.25, 0.3) is 0 Å². The van der Waals surface area contributed by atoms with E-state index in [-0.39, 0.29) is 5.92 Å². The van der Waals surface area contributed by atoms with Crippen molar-refractivity contribution in [3.05, 3.63) is 50.9 Å². The first-order valence-electron chi connectivity index (χ1n) is 5.02. The number of aliphatic hydroxyl groups excluding tert-OH is 1. The number of thiophene rings is 1. The lowest BCUT2D eigenvalue weighted by Gasteiger charge is -2.16. The van der Waals surface area contributed by atoms with Gasteiger partial charge in [0.05, 0.1) is 9.89 Å².